The van der Waals surface area contributed by atoms with Crippen LogP contribution in [0.3, 0.4) is 0 Å². The number of halogens is 1. The van der Waals surface area contributed by atoms with E-state index in [1.54, 1.807) is 0 Å². The molecular weight excluding hydrogens is 447 g/mol. The Morgan fingerprint density at radius 3 is 2.29 bits per heavy atom. The maximum Gasteiger partial charge on any atom is 0.335 e. The van der Waals surface area contributed by atoms with E-state index in [9.17, 15) is 31.3 Å². The molecule has 3 aromatic rings. The highest BCUT2D eigenvalue weighted by molar-refractivity contribution is 7.95. The fraction of sp³-hybridized carbons (Fsp3) is 0. The number of sulfone groups is 1. The predicted molar refractivity (Wildman–Crippen MR) is 108 cm³/mol. The summed E-state index contributed by atoms with van der Waals surface area (Å²) in [4.78, 5) is 9.72. The Kier molecular flexibility index (Phi) is 5.79. The number of nitriles is 1. The number of nitrogens with zero attached hydrogens (tertiary/aromatic N) is 2. The molecule has 0 saturated heterocycles. The summed E-state index contributed by atoms with van der Waals surface area (Å²) in [6, 6.07) is 12.6. The van der Waals surface area contributed by atoms with Crippen molar-refractivity contribution in [1.82, 2.24) is 3.97 Å². The Bertz CT molecular complexity index is 1450. The quantitative estimate of drug-likeness (QED) is 0.441. The summed E-state index contributed by atoms with van der Waals surface area (Å²) in [5.74, 6) is -1.98. The monoisotopic (exact) mass is 460 g/mol. The second-order valence-electron chi connectivity index (χ2n) is 6.14. The van der Waals surface area contributed by atoms with Gasteiger partial charge in [-0.25, -0.2) is 30.0 Å². The lowest BCUT2D eigenvalue weighted by molar-refractivity contribution is 0.0696. The Balaban J connectivity index is 2.11. The molecule has 0 aliphatic rings. The van der Waals surface area contributed by atoms with Crippen LogP contribution in [0.5, 0.6) is 0 Å². The van der Waals surface area contributed by atoms with Crippen molar-refractivity contribution < 1.29 is 31.1 Å². The number of hydrogen-bond acceptors (Lipinski definition) is 6. The number of aromatic carboxylic acids is 1. The van der Waals surface area contributed by atoms with Crippen LogP contribution in [0.4, 0.5) is 4.39 Å². The van der Waals surface area contributed by atoms with E-state index in [0.29, 0.717) is 0 Å². The average molecular weight is 460 g/mol. The smallest absolute Gasteiger partial charge is 0.335 e. The van der Waals surface area contributed by atoms with Gasteiger partial charge in [-0.1, -0.05) is 6.07 Å². The molecule has 1 heterocycles. The van der Waals surface area contributed by atoms with Crippen molar-refractivity contribution in [2.75, 3.05) is 0 Å². The Hall–Kier alpha value is -3.75. The van der Waals surface area contributed by atoms with E-state index in [1.807, 2.05) is 0 Å². The van der Waals surface area contributed by atoms with Gasteiger partial charge in [0, 0.05) is 6.20 Å². The highest BCUT2D eigenvalue weighted by Crippen LogP contribution is 2.24. The van der Waals surface area contributed by atoms with Crippen LogP contribution >= 0.6 is 0 Å². The Morgan fingerprint density at radius 2 is 1.68 bits per heavy atom. The van der Waals surface area contributed by atoms with Gasteiger partial charge in [-0.05, 0) is 60.7 Å². The fourth-order valence-electron chi connectivity index (χ4n) is 2.66. The number of carboxylic acid groups (broad SMARTS) is 1. The van der Waals surface area contributed by atoms with Gasteiger partial charge in [-0.2, -0.15) is 5.26 Å². The molecule has 0 spiro atoms. The van der Waals surface area contributed by atoms with Gasteiger partial charge in [0.1, 0.15) is 11.9 Å². The van der Waals surface area contributed by atoms with E-state index < -0.39 is 36.6 Å². The lowest BCUT2D eigenvalue weighted by Crippen LogP contribution is -2.14. The number of carbonyl (C=O) groups is 1. The standard InChI is InChI=1S/C20H13FN2O6S2/c21-15-6-8-17(9-7-15)30(26,27)19(13-22)12-16-4-2-10-23(16)31(28,29)18-5-1-3-14(11-18)20(24)25/h1-12H,(H,24,25)/b19-12+. The molecule has 0 aliphatic carbocycles. The molecule has 0 atom stereocenters. The average Bonchev–Trinajstić information content (AvgIpc) is 3.21. The zero-order valence-electron chi connectivity index (χ0n) is 15.5. The van der Waals surface area contributed by atoms with Gasteiger partial charge < -0.3 is 5.11 Å². The first-order chi connectivity index (χ1) is 14.6. The third-order valence-electron chi connectivity index (χ3n) is 4.18. The number of carboxylic acids is 1. The first-order valence-electron chi connectivity index (χ1n) is 8.46. The van der Waals surface area contributed by atoms with Gasteiger partial charge in [-0.3, -0.25) is 0 Å². The molecule has 0 saturated carbocycles. The molecule has 1 N–H and O–H groups in total. The van der Waals surface area contributed by atoms with Gasteiger partial charge in [0.2, 0.25) is 9.84 Å². The summed E-state index contributed by atoms with van der Waals surface area (Å²) < 4.78 is 65.2. The minimum absolute atomic E-state index is 0.150. The van der Waals surface area contributed by atoms with Crippen LogP contribution in [0.1, 0.15) is 16.1 Å². The van der Waals surface area contributed by atoms with Crippen LogP contribution in [0.25, 0.3) is 6.08 Å². The highest BCUT2D eigenvalue weighted by atomic mass is 32.2. The van der Waals surface area contributed by atoms with Crippen LogP contribution < -0.4 is 0 Å². The van der Waals surface area contributed by atoms with Gasteiger partial charge >= 0.3 is 5.97 Å². The SMILES string of the molecule is N#C/C(=C\c1cccn1S(=O)(=O)c1cccc(C(=O)O)c1)S(=O)(=O)c1ccc(F)cc1. The zero-order valence-corrected chi connectivity index (χ0v) is 17.1. The molecule has 0 fully saturated rings. The maximum absolute atomic E-state index is 13.1. The van der Waals surface area contributed by atoms with Crippen molar-refractivity contribution >= 4 is 31.9 Å². The van der Waals surface area contributed by atoms with Crippen LogP contribution in [-0.4, -0.2) is 31.9 Å². The molecule has 0 unspecified atom stereocenters. The van der Waals surface area contributed by atoms with Gasteiger partial charge in [-0.15, -0.1) is 0 Å². The molecule has 0 aliphatic heterocycles. The summed E-state index contributed by atoms with van der Waals surface area (Å²) in [7, 11) is -8.64. The first kappa shape index (κ1) is 21.9. The zero-order chi connectivity index (χ0) is 22.8. The van der Waals surface area contributed by atoms with Crippen LogP contribution in [0, 0.1) is 17.1 Å². The van der Waals surface area contributed by atoms with Crippen molar-refractivity contribution in [3.63, 3.8) is 0 Å². The maximum atomic E-state index is 13.1. The minimum atomic E-state index is -4.34. The third kappa shape index (κ3) is 4.25. The third-order valence-corrected chi connectivity index (χ3v) is 7.56. The van der Waals surface area contributed by atoms with E-state index in [2.05, 4.69) is 0 Å². The van der Waals surface area contributed by atoms with Crippen LogP contribution in [-0.2, 0) is 19.9 Å². The van der Waals surface area contributed by atoms with Crippen molar-refractivity contribution in [1.29, 1.82) is 5.26 Å². The van der Waals surface area contributed by atoms with E-state index in [1.165, 1.54) is 36.4 Å². The lowest BCUT2D eigenvalue weighted by atomic mass is 10.2. The van der Waals surface area contributed by atoms with Gasteiger partial charge in [0.15, 0.2) is 4.91 Å². The largest absolute Gasteiger partial charge is 0.478 e. The molecule has 11 heteroatoms. The Labute approximate surface area is 177 Å². The normalized spacial score (nSPS) is 12.3. The number of benzene rings is 2. The van der Waals surface area contributed by atoms with Crippen molar-refractivity contribution in [2.24, 2.45) is 0 Å². The highest BCUT2D eigenvalue weighted by Gasteiger charge is 2.24. The van der Waals surface area contributed by atoms with Crippen LogP contribution in [0.2, 0.25) is 0 Å². The van der Waals surface area contributed by atoms with E-state index in [0.717, 1.165) is 46.6 Å². The molecular formula is C20H13FN2O6S2. The van der Waals surface area contributed by atoms with Crippen molar-refractivity contribution in [2.45, 2.75) is 9.79 Å². The summed E-state index contributed by atoms with van der Waals surface area (Å²) in [5.41, 5.74) is -0.398. The molecule has 31 heavy (non-hydrogen) atoms. The predicted octanol–water partition coefficient (Wildman–Crippen LogP) is 2.90. The number of hydrogen-bond donors (Lipinski definition) is 1. The molecule has 1 aromatic heterocycles. The second-order valence-corrected chi connectivity index (χ2v) is 9.88. The van der Waals surface area contributed by atoms with Gasteiger partial charge in [0.05, 0.1) is 21.0 Å². The van der Waals surface area contributed by atoms with Crippen LogP contribution in [0.15, 0.2) is 81.6 Å². The van der Waals surface area contributed by atoms with E-state index >= 15 is 0 Å². The second kappa shape index (κ2) is 8.17. The van der Waals surface area contributed by atoms with Gasteiger partial charge in [0.25, 0.3) is 10.0 Å². The first-order valence-corrected chi connectivity index (χ1v) is 11.4. The molecule has 0 radical (unpaired) electrons. The summed E-state index contributed by atoms with van der Waals surface area (Å²) >= 11 is 0. The molecule has 2 aromatic carbocycles. The summed E-state index contributed by atoms with van der Waals surface area (Å²) in [5, 5.41) is 18.5. The molecule has 8 nitrogen and oxygen atoms in total. The number of rotatable bonds is 6. The Morgan fingerprint density at radius 1 is 1.00 bits per heavy atom. The number of allylic oxidation sites excluding steroid dienone is 1. The number of aromatic nitrogens is 1. The van der Waals surface area contributed by atoms with Crippen molar-refractivity contribution in [3.8, 4) is 6.07 Å². The molecule has 158 valence electrons. The lowest BCUT2D eigenvalue weighted by Gasteiger charge is -2.10. The van der Waals surface area contributed by atoms with E-state index in [-0.39, 0.29) is 21.0 Å². The summed E-state index contributed by atoms with van der Waals surface area (Å²) in [6.07, 6.45) is 2.01. The molecule has 0 bridgehead atoms. The summed E-state index contributed by atoms with van der Waals surface area (Å²) in [6.45, 7) is 0. The van der Waals surface area contributed by atoms with E-state index in [4.69, 9.17) is 5.11 Å². The minimum Gasteiger partial charge on any atom is -0.478 e. The molecule has 0 amide bonds. The fourth-order valence-corrected chi connectivity index (χ4v) is 5.18. The topological polar surface area (TPSA) is 134 Å². The van der Waals surface area contributed by atoms with Crippen molar-refractivity contribution in [3.05, 3.63) is 88.8 Å². The molecule has 3 rings (SSSR count).